The number of imidazole rings is 1. The Morgan fingerprint density at radius 3 is 2.29 bits per heavy atom. The maximum atomic E-state index is 13.6. The summed E-state index contributed by atoms with van der Waals surface area (Å²) in [5.41, 5.74) is 8.43. The summed E-state index contributed by atoms with van der Waals surface area (Å²) in [6.07, 6.45) is 5.95. The lowest BCUT2D eigenvalue weighted by Gasteiger charge is -2.28. The van der Waals surface area contributed by atoms with Crippen LogP contribution in [-0.2, 0) is 32.0 Å². The monoisotopic (exact) mass is 567 g/mol. The Morgan fingerprint density at radius 2 is 1.66 bits per heavy atom. The summed E-state index contributed by atoms with van der Waals surface area (Å²) < 4.78 is 0. The lowest BCUT2D eigenvalue weighted by molar-refractivity contribution is -0.142. The van der Waals surface area contributed by atoms with E-state index in [0.717, 1.165) is 16.5 Å². The van der Waals surface area contributed by atoms with Crippen molar-refractivity contribution in [3.63, 3.8) is 0 Å². The molecule has 222 valence electrons. The molecule has 0 fully saturated rings. The maximum absolute atomic E-state index is 13.6. The van der Waals surface area contributed by atoms with Crippen LogP contribution in [0.4, 0.5) is 0 Å². The third-order valence-electron chi connectivity index (χ3n) is 7.18. The van der Waals surface area contributed by atoms with E-state index in [1.807, 2.05) is 52.0 Å². The van der Waals surface area contributed by atoms with Gasteiger partial charge in [-0.25, -0.2) is 9.78 Å². The lowest BCUT2D eigenvalue weighted by atomic mass is 9.96. The van der Waals surface area contributed by atoms with Crippen molar-refractivity contribution in [3.05, 3.63) is 54.2 Å². The van der Waals surface area contributed by atoms with Crippen LogP contribution < -0.4 is 21.7 Å². The van der Waals surface area contributed by atoms with Crippen molar-refractivity contribution < 1.29 is 24.3 Å². The lowest BCUT2D eigenvalue weighted by Crippen LogP contribution is -2.59. The predicted octanol–water partition coefficient (Wildman–Crippen LogP) is 1.63. The molecule has 2 aromatic heterocycles. The second kappa shape index (κ2) is 14.4. The Kier molecular flexibility index (Phi) is 11.0. The number of nitrogens with one attached hydrogen (secondary N) is 5. The Balaban J connectivity index is 1.83. The molecule has 12 nitrogen and oxygen atoms in total. The number of hydrogen-bond donors (Lipinski definition) is 7. The van der Waals surface area contributed by atoms with Crippen LogP contribution in [0.15, 0.2) is 43.0 Å². The Hall–Kier alpha value is -4.19. The van der Waals surface area contributed by atoms with Crippen LogP contribution in [0.2, 0.25) is 0 Å². The Morgan fingerprint density at radius 1 is 0.951 bits per heavy atom. The Labute approximate surface area is 239 Å². The van der Waals surface area contributed by atoms with Crippen LogP contribution in [0.25, 0.3) is 10.9 Å². The molecule has 41 heavy (non-hydrogen) atoms. The van der Waals surface area contributed by atoms with Gasteiger partial charge in [-0.3, -0.25) is 14.4 Å². The van der Waals surface area contributed by atoms with E-state index in [9.17, 15) is 24.3 Å². The summed E-state index contributed by atoms with van der Waals surface area (Å²) in [5.74, 6) is -3.10. The number of H-pyrrole nitrogens is 2. The molecule has 0 aliphatic carbocycles. The molecule has 8 N–H and O–H groups in total. The van der Waals surface area contributed by atoms with Gasteiger partial charge in [-0.15, -0.1) is 0 Å². The minimum atomic E-state index is -1.15. The highest BCUT2D eigenvalue weighted by atomic mass is 16.4. The minimum absolute atomic E-state index is 0.0222. The van der Waals surface area contributed by atoms with Gasteiger partial charge in [0.1, 0.15) is 18.1 Å². The van der Waals surface area contributed by atoms with Crippen LogP contribution in [0.1, 0.15) is 51.8 Å². The fourth-order valence-electron chi connectivity index (χ4n) is 4.64. The van der Waals surface area contributed by atoms with E-state index in [4.69, 9.17) is 5.73 Å². The fourth-order valence-corrected chi connectivity index (χ4v) is 4.64. The molecule has 0 saturated heterocycles. The van der Waals surface area contributed by atoms with Crippen molar-refractivity contribution >= 4 is 34.6 Å². The zero-order valence-corrected chi connectivity index (χ0v) is 23.9. The van der Waals surface area contributed by atoms with E-state index >= 15 is 0 Å². The molecule has 0 spiro atoms. The SMILES string of the molecule is CCC(C)C(NC(=O)C(N)Cc1cnc[nH]1)C(=O)NC(Cc1c[nH]c2ccccc12)C(=O)NC(CC(C)C)C(=O)O. The number of rotatable bonds is 15. The highest BCUT2D eigenvalue weighted by Gasteiger charge is 2.33. The normalized spacial score (nSPS) is 15.1. The van der Waals surface area contributed by atoms with Crippen molar-refractivity contribution in [1.82, 2.24) is 30.9 Å². The number of carboxylic acid groups (broad SMARTS) is 1. The number of aromatic amines is 2. The average molecular weight is 568 g/mol. The number of carboxylic acids is 1. The molecule has 0 aliphatic heterocycles. The molecular formula is C29H41N7O5. The maximum Gasteiger partial charge on any atom is 0.326 e. The second-order valence-corrected chi connectivity index (χ2v) is 10.9. The number of hydrogen-bond acceptors (Lipinski definition) is 6. The highest BCUT2D eigenvalue weighted by Crippen LogP contribution is 2.20. The van der Waals surface area contributed by atoms with Crippen LogP contribution in [-0.4, -0.2) is 67.9 Å². The minimum Gasteiger partial charge on any atom is -0.480 e. The van der Waals surface area contributed by atoms with Gasteiger partial charge in [-0.2, -0.15) is 0 Å². The third kappa shape index (κ3) is 8.65. The number of nitrogens with two attached hydrogens (primary N) is 1. The van der Waals surface area contributed by atoms with Gasteiger partial charge in [0.2, 0.25) is 17.7 Å². The number of para-hydroxylation sites is 1. The van der Waals surface area contributed by atoms with Crippen LogP contribution >= 0.6 is 0 Å². The second-order valence-electron chi connectivity index (χ2n) is 10.9. The van der Waals surface area contributed by atoms with Gasteiger partial charge in [0.25, 0.3) is 0 Å². The first kappa shape index (κ1) is 31.3. The number of benzene rings is 1. The first-order valence-corrected chi connectivity index (χ1v) is 13.9. The van der Waals surface area contributed by atoms with Gasteiger partial charge >= 0.3 is 5.97 Å². The highest BCUT2D eigenvalue weighted by molar-refractivity contribution is 5.95. The van der Waals surface area contributed by atoms with Crippen LogP contribution in [0.3, 0.4) is 0 Å². The number of nitrogens with zero attached hydrogens (tertiary/aromatic N) is 1. The third-order valence-corrected chi connectivity index (χ3v) is 7.18. The molecule has 3 amide bonds. The standard InChI is InChI=1S/C29H41N7O5/c1-5-17(4)25(36-26(37)21(30)12-19-14-31-15-33-19)28(39)34-23(27(38)35-24(29(40)41)10-16(2)3)11-18-13-32-22-9-7-6-8-20(18)22/h6-9,13-17,21,23-25,32H,5,10-12,30H2,1-4H3,(H,31,33)(H,34,39)(H,35,38)(H,36,37)(H,40,41). The van der Waals surface area contributed by atoms with Gasteiger partial charge in [-0.05, 0) is 29.9 Å². The summed E-state index contributed by atoms with van der Waals surface area (Å²) >= 11 is 0. The van der Waals surface area contributed by atoms with Crippen molar-refractivity contribution in [2.75, 3.05) is 0 Å². The molecule has 0 aliphatic rings. The molecule has 0 saturated carbocycles. The fraction of sp³-hybridized carbons (Fsp3) is 0.483. The van der Waals surface area contributed by atoms with Crippen molar-refractivity contribution in [2.24, 2.45) is 17.6 Å². The van der Waals surface area contributed by atoms with Crippen molar-refractivity contribution in [1.29, 1.82) is 0 Å². The van der Waals surface area contributed by atoms with Crippen molar-refractivity contribution in [2.45, 2.75) is 77.5 Å². The summed E-state index contributed by atoms with van der Waals surface area (Å²) in [5, 5.41) is 18.7. The van der Waals surface area contributed by atoms with Gasteiger partial charge in [0.05, 0.1) is 12.4 Å². The van der Waals surface area contributed by atoms with Crippen LogP contribution in [0, 0.1) is 11.8 Å². The smallest absolute Gasteiger partial charge is 0.326 e. The predicted molar refractivity (Wildman–Crippen MR) is 155 cm³/mol. The topological polar surface area (TPSA) is 195 Å². The molecule has 3 rings (SSSR count). The molecule has 3 aromatic rings. The number of aromatic nitrogens is 3. The van der Waals surface area contributed by atoms with Gasteiger partial charge < -0.3 is 36.8 Å². The van der Waals surface area contributed by atoms with E-state index in [0.29, 0.717) is 12.1 Å². The van der Waals surface area contributed by atoms with Gasteiger partial charge in [0, 0.05) is 41.8 Å². The molecule has 1 aromatic carbocycles. The molecule has 0 radical (unpaired) electrons. The van der Waals surface area contributed by atoms with E-state index in [2.05, 4.69) is 30.9 Å². The van der Waals surface area contributed by atoms with E-state index in [-0.39, 0.29) is 31.1 Å². The van der Waals surface area contributed by atoms with E-state index in [1.165, 1.54) is 6.33 Å². The zero-order chi connectivity index (χ0) is 30.1. The summed E-state index contributed by atoms with van der Waals surface area (Å²) in [6.45, 7) is 7.44. The summed E-state index contributed by atoms with van der Waals surface area (Å²) in [7, 11) is 0. The molecule has 5 atom stereocenters. The Bertz CT molecular complexity index is 1320. The number of aliphatic carboxylic acids is 1. The summed E-state index contributed by atoms with van der Waals surface area (Å²) in [4.78, 5) is 61.9. The number of fused-ring (bicyclic) bond motifs is 1. The molecule has 5 unspecified atom stereocenters. The van der Waals surface area contributed by atoms with Crippen molar-refractivity contribution in [3.8, 4) is 0 Å². The van der Waals surface area contributed by atoms with E-state index < -0.39 is 47.9 Å². The summed E-state index contributed by atoms with van der Waals surface area (Å²) in [6, 6.07) is 3.45. The molecular weight excluding hydrogens is 526 g/mol. The molecule has 12 heteroatoms. The van der Waals surface area contributed by atoms with Gasteiger partial charge in [-0.1, -0.05) is 52.3 Å². The largest absolute Gasteiger partial charge is 0.480 e. The molecule has 2 heterocycles. The number of carbonyl (C=O) groups is 4. The van der Waals surface area contributed by atoms with Gasteiger partial charge in [0.15, 0.2) is 0 Å². The van der Waals surface area contributed by atoms with Crippen LogP contribution in [0.5, 0.6) is 0 Å². The zero-order valence-electron chi connectivity index (χ0n) is 23.9. The first-order valence-electron chi connectivity index (χ1n) is 13.9. The average Bonchev–Trinajstić information content (AvgIpc) is 3.60. The van der Waals surface area contributed by atoms with E-state index in [1.54, 1.807) is 12.4 Å². The number of amides is 3. The quantitative estimate of drug-likeness (QED) is 0.145. The number of carbonyl (C=O) groups excluding carboxylic acids is 3. The first-order chi connectivity index (χ1) is 19.5. The molecule has 0 bridgehead atoms.